The molecule has 0 atom stereocenters. The summed E-state index contributed by atoms with van der Waals surface area (Å²) in [6.07, 6.45) is 0.634. The van der Waals surface area contributed by atoms with Crippen molar-refractivity contribution in [1.82, 2.24) is 0 Å². The molecule has 0 bridgehead atoms. The molecular formula is C10H4FNOS. The summed E-state index contributed by atoms with van der Waals surface area (Å²) < 4.78 is 13.9. The van der Waals surface area contributed by atoms with Crippen LogP contribution in [0.25, 0.3) is 10.1 Å². The number of nitriles is 1. The van der Waals surface area contributed by atoms with Crippen LogP contribution in [-0.4, -0.2) is 6.29 Å². The summed E-state index contributed by atoms with van der Waals surface area (Å²) in [6, 6.07) is 4.67. The topological polar surface area (TPSA) is 40.9 Å². The summed E-state index contributed by atoms with van der Waals surface area (Å²) in [5.74, 6) is -0.539. The molecule has 0 fully saturated rings. The van der Waals surface area contributed by atoms with Crippen molar-refractivity contribution in [3.8, 4) is 6.07 Å². The van der Waals surface area contributed by atoms with Gasteiger partial charge in [-0.15, -0.1) is 11.3 Å². The Morgan fingerprint density at radius 2 is 2.36 bits per heavy atom. The molecule has 4 heteroatoms. The largest absolute Gasteiger partial charge is 0.298 e. The van der Waals surface area contributed by atoms with Crippen molar-refractivity contribution >= 4 is 27.7 Å². The number of aldehydes is 1. The molecule has 1 aromatic carbocycles. The van der Waals surface area contributed by atoms with Gasteiger partial charge in [0.1, 0.15) is 6.07 Å². The molecule has 0 saturated carbocycles. The fourth-order valence-electron chi connectivity index (χ4n) is 1.30. The zero-order valence-electron chi connectivity index (χ0n) is 6.95. The van der Waals surface area contributed by atoms with E-state index in [2.05, 4.69) is 0 Å². The molecule has 0 amide bonds. The van der Waals surface area contributed by atoms with E-state index in [0.717, 1.165) is 0 Å². The number of carbonyl (C=O) groups excluding carboxylic acids is 1. The van der Waals surface area contributed by atoms with Crippen molar-refractivity contribution in [2.24, 2.45) is 0 Å². The first kappa shape index (κ1) is 8.85. The Hall–Kier alpha value is -1.73. The Bertz CT molecular complexity index is 553. The molecule has 2 aromatic rings. The highest BCUT2D eigenvalue weighted by Gasteiger charge is 2.12. The van der Waals surface area contributed by atoms with Gasteiger partial charge in [-0.05, 0) is 17.5 Å². The van der Waals surface area contributed by atoms with Crippen molar-refractivity contribution in [3.63, 3.8) is 0 Å². The van der Waals surface area contributed by atoms with E-state index in [4.69, 9.17) is 5.26 Å². The van der Waals surface area contributed by atoms with Gasteiger partial charge in [0.05, 0.1) is 10.3 Å². The van der Waals surface area contributed by atoms with Crippen LogP contribution in [0.1, 0.15) is 15.9 Å². The minimum absolute atomic E-state index is 0.0814. The van der Waals surface area contributed by atoms with Crippen molar-refractivity contribution in [1.29, 1.82) is 5.26 Å². The van der Waals surface area contributed by atoms with Gasteiger partial charge in [-0.25, -0.2) is 4.39 Å². The lowest BCUT2D eigenvalue weighted by atomic mass is 10.1. The highest BCUT2D eigenvalue weighted by Crippen LogP contribution is 2.28. The van der Waals surface area contributed by atoms with E-state index in [1.165, 1.54) is 17.4 Å². The van der Waals surface area contributed by atoms with Crippen LogP contribution in [0.15, 0.2) is 17.5 Å². The van der Waals surface area contributed by atoms with Crippen LogP contribution in [0.4, 0.5) is 4.39 Å². The fraction of sp³-hybridized carbons (Fsp3) is 0. The van der Waals surface area contributed by atoms with E-state index >= 15 is 0 Å². The maximum atomic E-state index is 13.5. The number of nitrogens with zero attached hydrogens (tertiary/aromatic N) is 1. The summed E-state index contributed by atoms with van der Waals surface area (Å²) in [5, 5.41) is 10.9. The third-order valence-corrected chi connectivity index (χ3v) is 2.87. The summed E-state index contributed by atoms with van der Waals surface area (Å²) in [4.78, 5) is 10.7. The molecule has 1 aromatic heterocycles. The van der Waals surface area contributed by atoms with Gasteiger partial charge >= 0.3 is 0 Å². The fourth-order valence-corrected chi connectivity index (χ4v) is 2.17. The van der Waals surface area contributed by atoms with E-state index in [1.54, 1.807) is 17.5 Å². The van der Waals surface area contributed by atoms with Gasteiger partial charge in [0.25, 0.3) is 0 Å². The lowest BCUT2D eigenvalue weighted by Crippen LogP contribution is -1.89. The molecule has 2 rings (SSSR count). The predicted octanol–water partition coefficient (Wildman–Crippen LogP) is 2.72. The van der Waals surface area contributed by atoms with Gasteiger partial charge in [0, 0.05) is 10.9 Å². The maximum Gasteiger partial charge on any atom is 0.158 e. The molecule has 14 heavy (non-hydrogen) atoms. The molecule has 68 valence electrons. The number of benzene rings is 1. The smallest absolute Gasteiger partial charge is 0.158 e. The van der Waals surface area contributed by atoms with E-state index in [1.807, 2.05) is 0 Å². The minimum Gasteiger partial charge on any atom is -0.298 e. The van der Waals surface area contributed by atoms with Gasteiger partial charge < -0.3 is 0 Å². The number of thiophene rings is 1. The molecule has 2 nitrogen and oxygen atoms in total. The molecule has 0 saturated heterocycles. The lowest BCUT2D eigenvalue weighted by Gasteiger charge is -1.98. The van der Waals surface area contributed by atoms with Gasteiger partial charge in [-0.1, -0.05) is 0 Å². The minimum atomic E-state index is -0.539. The lowest BCUT2D eigenvalue weighted by molar-refractivity contribution is 0.112. The highest BCUT2D eigenvalue weighted by atomic mass is 32.1. The van der Waals surface area contributed by atoms with Crippen LogP contribution >= 0.6 is 11.3 Å². The first-order valence-corrected chi connectivity index (χ1v) is 4.71. The zero-order valence-corrected chi connectivity index (χ0v) is 7.77. The molecule has 1 heterocycles. The number of hydrogen-bond acceptors (Lipinski definition) is 3. The summed E-state index contributed by atoms with van der Waals surface area (Å²) in [6.45, 7) is 0. The molecule has 0 N–H and O–H groups in total. The number of hydrogen-bond donors (Lipinski definition) is 0. The van der Waals surface area contributed by atoms with E-state index < -0.39 is 5.82 Å². The first-order valence-electron chi connectivity index (χ1n) is 3.83. The second kappa shape index (κ2) is 3.20. The molecular weight excluding hydrogens is 201 g/mol. The van der Waals surface area contributed by atoms with Crippen molar-refractivity contribution in [2.75, 3.05) is 0 Å². The Morgan fingerprint density at radius 3 is 3.00 bits per heavy atom. The Morgan fingerprint density at radius 1 is 1.57 bits per heavy atom. The summed E-state index contributed by atoms with van der Waals surface area (Å²) in [5.41, 5.74) is 0.279. The molecule has 0 radical (unpaired) electrons. The first-order chi connectivity index (χ1) is 6.77. The molecule has 0 aliphatic rings. The molecule has 0 spiro atoms. The van der Waals surface area contributed by atoms with Crippen LogP contribution in [0.3, 0.4) is 0 Å². The van der Waals surface area contributed by atoms with Crippen molar-refractivity contribution < 1.29 is 9.18 Å². The summed E-state index contributed by atoms with van der Waals surface area (Å²) >= 11 is 1.19. The number of carbonyl (C=O) groups is 1. The van der Waals surface area contributed by atoms with Gasteiger partial charge in [0.2, 0.25) is 0 Å². The standard InChI is InChI=1S/C10H4FNOS/c11-9-6(4-12)3-7(5-13)8-1-2-14-10(8)9/h1-3,5H. The average Bonchev–Trinajstić information content (AvgIpc) is 2.68. The van der Waals surface area contributed by atoms with Gasteiger partial charge in [-0.2, -0.15) is 5.26 Å². The third-order valence-electron chi connectivity index (χ3n) is 1.96. The zero-order chi connectivity index (χ0) is 10.1. The average molecular weight is 205 g/mol. The number of fused-ring (bicyclic) bond motifs is 1. The van der Waals surface area contributed by atoms with E-state index in [0.29, 0.717) is 21.9 Å². The van der Waals surface area contributed by atoms with Gasteiger partial charge in [-0.3, -0.25) is 4.79 Å². The van der Waals surface area contributed by atoms with Crippen LogP contribution in [0, 0.1) is 17.1 Å². The Balaban J connectivity index is 2.95. The molecule has 0 aliphatic heterocycles. The normalized spacial score (nSPS) is 10.0. The molecule has 0 unspecified atom stereocenters. The van der Waals surface area contributed by atoms with E-state index in [-0.39, 0.29) is 5.56 Å². The Labute approximate surface area is 83.2 Å². The van der Waals surface area contributed by atoms with Crippen LogP contribution in [0.2, 0.25) is 0 Å². The molecule has 0 aliphatic carbocycles. The predicted molar refractivity (Wildman–Crippen MR) is 51.9 cm³/mol. The van der Waals surface area contributed by atoms with Crippen molar-refractivity contribution in [3.05, 3.63) is 34.5 Å². The van der Waals surface area contributed by atoms with Gasteiger partial charge in [0.15, 0.2) is 12.1 Å². The SMILES string of the molecule is N#Cc1cc(C=O)c2ccsc2c1F. The third kappa shape index (κ3) is 1.10. The van der Waals surface area contributed by atoms with Crippen molar-refractivity contribution in [2.45, 2.75) is 0 Å². The van der Waals surface area contributed by atoms with Crippen LogP contribution in [0.5, 0.6) is 0 Å². The van der Waals surface area contributed by atoms with Crippen LogP contribution < -0.4 is 0 Å². The quantitative estimate of drug-likeness (QED) is 0.671. The summed E-state index contributed by atoms with van der Waals surface area (Å²) in [7, 11) is 0. The van der Waals surface area contributed by atoms with Crippen LogP contribution in [-0.2, 0) is 0 Å². The Kier molecular flexibility index (Phi) is 2.02. The maximum absolute atomic E-state index is 13.5. The van der Waals surface area contributed by atoms with E-state index in [9.17, 15) is 9.18 Å². The second-order valence-electron chi connectivity index (χ2n) is 2.72. The number of halogens is 1. The monoisotopic (exact) mass is 205 g/mol. The number of rotatable bonds is 1. The highest BCUT2D eigenvalue weighted by molar-refractivity contribution is 7.17. The second-order valence-corrected chi connectivity index (χ2v) is 3.64.